The minimum Gasteiger partial charge on any atom is -0.357 e. The Hall–Kier alpha value is -1.23. The van der Waals surface area contributed by atoms with Crippen LogP contribution in [0.2, 0.25) is 0 Å². The number of guanidine groups is 1. The van der Waals surface area contributed by atoms with Gasteiger partial charge in [0.1, 0.15) is 0 Å². The molecule has 122 valence electrons. The fourth-order valence-electron chi connectivity index (χ4n) is 2.53. The Kier molecular flexibility index (Phi) is 6.55. The molecule has 22 heavy (non-hydrogen) atoms. The van der Waals surface area contributed by atoms with Crippen LogP contribution in [0, 0.1) is 12.8 Å². The fraction of sp³-hybridized carbons (Fsp3) is 0.647. The number of thioether (sulfide) groups is 1. The number of nitrogens with zero attached hydrogens (tertiary/aromatic N) is 3. The van der Waals surface area contributed by atoms with E-state index in [0.29, 0.717) is 17.7 Å². The predicted octanol–water partition coefficient (Wildman–Crippen LogP) is 2.93. The molecule has 0 spiro atoms. The lowest BCUT2D eigenvalue weighted by atomic mass is 10.1. The maximum atomic E-state index is 4.82. The lowest BCUT2D eigenvalue weighted by Gasteiger charge is -2.36. The number of pyridine rings is 1. The first kappa shape index (κ1) is 17.1. The molecule has 0 aromatic carbocycles. The maximum absolute atomic E-state index is 4.82. The van der Waals surface area contributed by atoms with Crippen molar-refractivity contribution in [3.05, 3.63) is 29.6 Å². The zero-order valence-electron chi connectivity index (χ0n) is 14.2. The minimum atomic E-state index is 0.644. The average molecular weight is 321 g/mol. The van der Waals surface area contributed by atoms with Gasteiger partial charge >= 0.3 is 0 Å². The molecule has 1 aliphatic rings. The summed E-state index contributed by atoms with van der Waals surface area (Å²) in [6.45, 7) is 12.5. The summed E-state index contributed by atoms with van der Waals surface area (Å²) < 4.78 is 0. The van der Waals surface area contributed by atoms with Crippen LogP contribution in [-0.2, 0) is 6.54 Å². The Bertz CT molecular complexity index is 501. The third-order valence-corrected chi connectivity index (χ3v) is 5.51. The van der Waals surface area contributed by atoms with Gasteiger partial charge in [-0.1, -0.05) is 19.9 Å². The summed E-state index contributed by atoms with van der Waals surface area (Å²) in [5.74, 6) is 2.91. The first-order chi connectivity index (χ1) is 10.6. The Balaban J connectivity index is 2.08. The normalized spacial score (nSPS) is 19.6. The van der Waals surface area contributed by atoms with Crippen molar-refractivity contribution in [2.45, 2.75) is 39.5 Å². The third-order valence-electron chi connectivity index (χ3n) is 3.97. The highest BCUT2D eigenvalue weighted by Gasteiger charge is 2.24. The Labute approximate surface area is 138 Å². The number of aromatic nitrogens is 1. The van der Waals surface area contributed by atoms with Crippen molar-refractivity contribution in [3.8, 4) is 0 Å². The molecule has 1 atom stereocenters. The van der Waals surface area contributed by atoms with E-state index < -0.39 is 0 Å². The lowest BCUT2D eigenvalue weighted by molar-refractivity contribution is 0.380. The molecule has 0 saturated carbocycles. The van der Waals surface area contributed by atoms with Gasteiger partial charge in [0.2, 0.25) is 0 Å². The highest BCUT2D eigenvalue weighted by molar-refractivity contribution is 8.00. The molecule has 0 radical (unpaired) electrons. The van der Waals surface area contributed by atoms with Gasteiger partial charge in [-0.05, 0) is 31.4 Å². The van der Waals surface area contributed by atoms with Crippen molar-refractivity contribution in [1.29, 1.82) is 0 Å². The van der Waals surface area contributed by atoms with E-state index in [1.54, 1.807) is 0 Å². The van der Waals surface area contributed by atoms with Gasteiger partial charge in [-0.25, -0.2) is 4.99 Å². The van der Waals surface area contributed by atoms with Crippen LogP contribution >= 0.6 is 11.8 Å². The van der Waals surface area contributed by atoms with E-state index in [9.17, 15) is 0 Å². The van der Waals surface area contributed by atoms with Gasteiger partial charge in [0.25, 0.3) is 0 Å². The standard InChI is InChI=1S/C17H28N4S/c1-5-18-17(20-11-15-14(4)7-6-8-19-15)21-9-10-22-16(12-21)13(2)3/h6-8,13,16H,5,9-12H2,1-4H3,(H,18,20). The van der Waals surface area contributed by atoms with E-state index in [1.807, 2.05) is 12.3 Å². The highest BCUT2D eigenvalue weighted by atomic mass is 32.2. The zero-order chi connectivity index (χ0) is 15.9. The van der Waals surface area contributed by atoms with Crippen LogP contribution in [0.15, 0.2) is 23.3 Å². The highest BCUT2D eigenvalue weighted by Crippen LogP contribution is 2.24. The van der Waals surface area contributed by atoms with Crippen molar-refractivity contribution < 1.29 is 0 Å². The third kappa shape index (κ3) is 4.63. The van der Waals surface area contributed by atoms with Gasteiger partial charge < -0.3 is 10.2 Å². The van der Waals surface area contributed by atoms with Gasteiger partial charge in [0.05, 0.1) is 12.2 Å². The summed E-state index contributed by atoms with van der Waals surface area (Å²) in [5.41, 5.74) is 2.26. The van der Waals surface area contributed by atoms with Crippen molar-refractivity contribution in [3.63, 3.8) is 0 Å². The first-order valence-corrected chi connectivity index (χ1v) is 9.22. The summed E-state index contributed by atoms with van der Waals surface area (Å²) in [4.78, 5) is 11.7. The smallest absolute Gasteiger partial charge is 0.194 e. The molecular formula is C17H28N4S. The van der Waals surface area contributed by atoms with Crippen LogP contribution in [0.5, 0.6) is 0 Å². The number of aryl methyl sites for hydroxylation is 1. The van der Waals surface area contributed by atoms with E-state index in [0.717, 1.165) is 31.3 Å². The molecule has 2 heterocycles. The van der Waals surface area contributed by atoms with Crippen molar-refractivity contribution in [1.82, 2.24) is 15.2 Å². The van der Waals surface area contributed by atoms with Gasteiger partial charge in [-0.3, -0.25) is 4.98 Å². The molecule has 5 heteroatoms. The maximum Gasteiger partial charge on any atom is 0.194 e. The topological polar surface area (TPSA) is 40.5 Å². The van der Waals surface area contributed by atoms with Gasteiger partial charge in [0.15, 0.2) is 5.96 Å². The quantitative estimate of drug-likeness (QED) is 0.684. The van der Waals surface area contributed by atoms with Crippen molar-refractivity contribution in [2.75, 3.05) is 25.4 Å². The minimum absolute atomic E-state index is 0.644. The van der Waals surface area contributed by atoms with E-state index in [4.69, 9.17) is 4.99 Å². The van der Waals surface area contributed by atoms with Crippen LogP contribution in [0.4, 0.5) is 0 Å². The van der Waals surface area contributed by atoms with E-state index in [1.165, 1.54) is 11.3 Å². The largest absolute Gasteiger partial charge is 0.357 e. The number of hydrogen-bond acceptors (Lipinski definition) is 3. The van der Waals surface area contributed by atoms with Gasteiger partial charge in [-0.2, -0.15) is 11.8 Å². The summed E-state index contributed by atoms with van der Waals surface area (Å²) in [6, 6.07) is 4.07. The number of hydrogen-bond donors (Lipinski definition) is 1. The zero-order valence-corrected chi connectivity index (χ0v) is 15.0. The average Bonchev–Trinajstić information content (AvgIpc) is 2.53. The molecule has 1 unspecified atom stereocenters. The summed E-state index contributed by atoms with van der Waals surface area (Å²) in [7, 11) is 0. The SMILES string of the molecule is CCNC(=NCc1ncccc1C)N1CCSC(C(C)C)C1. The molecule has 0 aliphatic carbocycles. The van der Waals surface area contributed by atoms with Gasteiger partial charge in [-0.15, -0.1) is 0 Å². The van der Waals surface area contributed by atoms with E-state index >= 15 is 0 Å². The van der Waals surface area contributed by atoms with E-state index in [2.05, 4.69) is 60.7 Å². The predicted molar refractivity (Wildman–Crippen MR) is 96.4 cm³/mol. The summed E-state index contributed by atoms with van der Waals surface area (Å²) >= 11 is 2.09. The first-order valence-electron chi connectivity index (χ1n) is 8.17. The molecule has 1 N–H and O–H groups in total. The Morgan fingerprint density at radius 1 is 1.55 bits per heavy atom. The summed E-state index contributed by atoms with van der Waals surface area (Å²) in [6.07, 6.45) is 1.84. The van der Waals surface area contributed by atoms with Crippen LogP contribution < -0.4 is 5.32 Å². The molecule has 4 nitrogen and oxygen atoms in total. The Morgan fingerprint density at radius 3 is 3.05 bits per heavy atom. The molecule has 1 saturated heterocycles. The van der Waals surface area contributed by atoms with Crippen LogP contribution in [-0.4, -0.2) is 46.5 Å². The van der Waals surface area contributed by atoms with E-state index in [-0.39, 0.29) is 0 Å². The van der Waals surface area contributed by atoms with Crippen molar-refractivity contribution in [2.24, 2.45) is 10.9 Å². The van der Waals surface area contributed by atoms with Crippen LogP contribution in [0.3, 0.4) is 0 Å². The van der Waals surface area contributed by atoms with Crippen LogP contribution in [0.1, 0.15) is 32.0 Å². The second kappa shape index (κ2) is 8.42. The Morgan fingerprint density at radius 2 is 2.36 bits per heavy atom. The molecule has 0 amide bonds. The molecule has 2 rings (SSSR count). The second-order valence-electron chi connectivity index (χ2n) is 6.04. The summed E-state index contributed by atoms with van der Waals surface area (Å²) in [5, 5.41) is 4.13. The van der Waals surface area contributed by atoms with Crippen molar-refractivity contribution >= 4 is 17.7 Å². The lowest BCUT2D eigenvalue weighted by Crippen LogP contribution is -2.49. The van der Waals surface area contributed by atoms with Gasteiger partial charge in [0, 0.05) is 36.8 Å². The molecule has 1 aromatic rings. The number of nitrogens with one attached hydrogen (secondary N) is 1. The molecule has 1 aromatic heterocycles. The number of rotatable bonds is 4. The molecule has 0 bridgehead atoms. The monoisotopic (exact) mass is 320 g/mol. The fourth-order valence-corrected chi connectivity index (χ4v) is 3.83. The number of aliphatic imine (C=N–C) groups is 1. The van der Waals surface area contributed by atoms with Crippen LogP contribution in [0.25, 0.3) is 0 Å². The second-order valence-corrected chi connectivity index (χ2v) is 7.38. The molecular weight excluding hydrogens is 292 g/mol. The molecule has 1 aliphatic heterocycles. The molecule has 1 fully saturated rings.